The van der Waals surface area contributed by atoms with Crippen LogP contribution in [0.5, 0.6) is 0 Å². The molecule has 0 bridgehead atoms. The monoisotopic (exact) mass is 273 g/mol. The summed E-state index contributed by atoms with van der Waals surface area (Å²) in [6, 6.07) is 12.9. The van der Waals surface area contributed by atoms with Gasteiger partial charge in [0.1, 0.15) is 5.82 Å². The highest BCUT2D eigenvalue weighted by Gasteiger charge is 2.26. The maximum Gasteiger partial charge on any atom is 0.126 e. The Kier molecular flexibility index (Phi) is 4.09. The molecule has 2 N–H and O–H groups in total. The maximum atomic E-state index is 13.7. The van der Waals surface area contributed by atoms with E-state index >= 15 is 0 Å². The second-order valence-corrected chi connectivity index (χ2v) is 5.45. The number of benzene rings is 2. The van der Waals surface area contributed by atoms with Crippen LogP contribution in [0.2, 0.25) is 0 Å². The molecule has 2 rings (SSSR count). The molecule has 20 heavy (non-hydrogen) atoms. The molecule has 0 saturated heterocycles. The van der Waals surface area contributed by atoms with E-state index in [0.29, 0.717) is 5.56 Å². The Hall–Kier alpha value is -1.87. The van der Waals surface area contributed by atoms with Crippen LogP contribution >= 0.6 is 0 Å². The van der Waals surface area contributed by atoms with E-state index in [1.165, 1.54) is 6.07 Å². The topological polar surface area (TPSA) is 32.3 Å². The molecule has 0 aliphatic heterocycles. The van der Waals surface area contributed by atoms with Gasteiger partial charge in [-0.2, -0.15) is 0 Å². The smallest absolute Gasteiger partial charge is 0.126 e. The van der Waals surface area contributed by atoms with Crippen molar-refractivity contribution in [3.63, 3.8) is 0 Å². The number of aliphatic hydroxyl groups excluding tert-OH is 1. The first-order chi connectivity index (χ1) is 9.44. The third-order valence-corrected chi connectivity index (χ3v) is 3.56. The third-order valence-electron chi connectivity index (χ3n) is 3.56. The van der Waals surface area contributed by atoms with Crippen LogP contribution in [0.15, 0.2) is 42.5 Å². The van der Waals surface area contributed by atoms with Crippen molar-refractivity contribution in [2.24, 2.45) is 0 Å². The van der Waals surface area contributed by atoms with Gasteiger partial charge in [-0.25, -0.2) is 4.39 Å². The minimum atomic E-state index is -0.720. The van der Waals surface area contributed by atoms with E-state index in [9.17, 15) is 9.50 Å². The summed E-state index contributed by atoms with van der Waals surface area (Å²) in [6.45, 7) is 5.47. The van der Waals surface area contributed by atoms with Crippen LogP contribution in [0.4, 0.5) is 10.1 Å². The normalized spacial score (nSPS) is 13.8. The molecule has 1 unspecified atom stereocenters. The van der Waals surface area contributed by atoms with Crippen molar-refractivity contribution in [3.05, 3.63) is 65.0 Å². The summed E-state index contributed by atoms with van der Waals surface area (Å²) in [5, 5.41) is 13.0. The number of nitrogens with one attached hydrogen (secondary N) is 1. The molecule has 0 radical (unpaired) electrons. The van der Waals surface area contributed by atoms with Crippen molar-refractivity contribution in [1.82, 2.24) is 0 Å². The van der Waals surface area contributed by atoms with Gasteiger partial charge in [-0.05, 0) is 55.7 Å². The highest BCUT2D eigenvalue weighted by molar-refractivity contribution is 5.49. The van der Waals surface area contributed by atoms with Crippen LogP contribution in [-0.2, 0) is 5.54 Å². The van der Waals surface area contributed by atoms with Crippen molar-refractivity contribution in [2.75, 3.05) is 11.9 Å². The lowest BCUT2D eigenvalue weighted by molar-refractivity contribution is 0.223. The fraction of sp³-hybridized carbons (Fsp3) is 0.294. The van der Waals surface area contributed by atoms with Gasteiger partial charge in [0.25, 0.3) is 0 Å². The van der Waals surface area contributed by atoms with Crippen LogP contribution in [0.1, 0.15) is 23.6 Å². The van der Waals surface area contributed by atoms with Crippen LogP contribution in [0, 0.1) is 19.7 Å². The molecule has 0 aromatic heterocycles. The zero-order valence-electron chi connectivity index (χ0n) is 12.1. The summed E-state index contributed by atoms with van der Waals surface area (Å²) in [7, 11) is 0. The van der Waals surface area contributed by atoms with E-state index in [4.69, 9.17) is 0 Å². The van der Waals surface area contributed by atoms with Crippen LogP contribution in [0.25, 0.3) is 0 Å². The Morgan fingerprint density at radius 1 is 1.15 bits per heavy atom. The Morgan fingerprint density at radius 2 is 1.90 bits per heavy atom. The van der Waals surface area contributed by atoms with Gasteiger partial charge in [0.2, 0.25) is 0 Å². The zero-order chi connectivity index (χ0) is 14.8. The van der Waals surface area contributed by atoms with Crippen molar-refractivity contribution >= 4 is 5.69 Å². The molecule has 0 saturated carbocycles. The summed E-state index contributed by atoms with van der Waals surface area (Å²) in [5.74, 6) is -0.256. The zero-order valence-corrected chi connectivity index (χ0v) is 12.1. The summed E-state index contributed by atoms with van der Waals surface area (Å²) in [6.07, 6.45) is 0. The van der Waals surface area contributed by atoms with E-state index in [0.717, 1.165) is 16.8 Å². The van der Waals surface area contributed by atoms with Gasteiger partial charge in [0.05, 0.1) is 12.1 Å². The number of hydrogen-bond donors (Lipinski definition) is 2. The van der Waals surface area contributed by atoms with Gasteiger partial charge in [-0.3, -0.25) is 0 Å². The highest BCUT2D eigenvalue weighted by atomic mass is 19.1. The Bertz CT molecular complexity index is 612. The number of rotatable bonds is 4. The lowest BCUT2D eigenvalue weighted by Crippen LogP contribution is -2.36. The third kappa shape index (κ3) is 2.99. The number of halogens is 1. The second-order valence-electron chi connectivity index (χ2n) is 5.45. The molecule has 1 atom stereocenters. The predicted octanol–water partition coefficient (Wildman–Crippen LogP) is 3.76. The number of aryl methyl sites for hydroxylation is 2. The minimum Gasteiger partial charge on any atom is -0.394 e. The average Bonchev–Trinajstić information content (AvgIpc) is 2.41. The molecule has 2 aromatic rings. The minimum absolute atomic E-state index is 0.122. The van der Waals surface area contributed by atoms with Crippen molar-refractivity contribution in [2.45, 2.75) is 26.3 Å². The molecule has 0 spiro atoms. The van der Waals surface area contributed by atoms with E-state index in [1.54, 1.807) is 13.0 Å². The van der Waals surface area contributed by atoms with Gasteiger partial charge < -0.3 is 10.4 Å². The van der Waals surface area contributed by atoms with Gasteiger partial charge in [0, 0.05) is 5.69 Å². The summed E-state index contributed by atoms with van der Waals surface area (Å²) < 4.78 is 13.7. The van der Waals surface area contributed by atoms with Gasteiger partial charge in [-0.15, -0.1) is 0 Å². The van der Waals surface area contributed by atoms with Crippen LogP contribution in [0.3, 0.4) is 0 Å². The summed E-state index contributed by atoms with van der Waals surface area (Å²) in [5.41, 5.74) is 2.64. The first-order valence-electron chi connectivity index (χ1n) is 6.67. The number of aliphatic hydroxyl groups is 1. The molecule has 106 valence electrons. The number of anilines is 1. The lowest BCUT2D eigenvalue weighted by Gasteiger charge is -2.31. The lowest BCUT2D eigenvalue weighted by atomic mass is 9.91. The van der Waals surface area contributed by atoms with E-state index in [1.807, 2.05) is 44.2 Å². The quantitative estimate of drug-likeness (QED) is 0.889. The number of hydrogen-bond acceptors (Lipinski definition) is 2. The summed E-state index contributed by atoms with van der Waals surface area (Å²) in [4.78, 5) is 0. The molecular formula is C17H20FNO. The van der Waals surface area contributed by atoms with Gasteiger partial charge in [-0.1, -0.05) is 24.3 Å². The molecule has 2 aromatic carbocycles. The van der Waals surface area contributed by atoms with E-state index in [2.05, 4.69) is 5.32 Å². The molecule has 0 heterocycles. The van der Waals surface area contributed by atoms with Gasteiger partial charge in [0.15, 0.2) is 0 Å². The van der Waals surface area contributed by atoms with E-state index in [-0.39, 0.29) is 12.4 Å². The van der Waals surface area contributed by atoms with Crippen LogP contribution < -0.4 is 5.32 Å². The largest absolute Gasteiger partial charge is 0.394 e. The van der Waals surface area contributed by atoms with Crippen molar-refractivity contribution in [1.29, 1.82) is 0 Å². The standard InChI is InChI=1S/C17H20FNO/c1-12-5-4-6-15(9-12)19-17(3,11-20)14-8-7-13(2)16(18)10-14/h4-10,19-20H,11H2,1-3H3. The fourth-order valence-electron chi connectivity index (χ4n) is 2.18. The average molecular weight is 273 g/mol. The van der Waals surface area contributed by atoms with Crippen molar-refractivity contribution in [3.8, 4) is 0 Å². The Balaban J connectivity index is 2.35. The second kappa shape index (κ2) is 5.63. The SMILES string of the molecule is Cc1cccc(NC(C)(CO)c2ccc(C)c(F)c2)c1. The highest BCUT2D eigenvalue weighted by Crippen LogP contribution is 2.27. The molecule has 0 aliphatic carbocycles. The Labute approximate surface area is 119 Å². The molecule has 2 nitrogen and oxygen atoms in total. The maximum absolute atomic E-state index is 13.7. The predicted molar refractivity (Wildman–Crippen MR) is 80.4 cm³/mol. The molecular weight excluding hydrogens is 253 g/mol. The first kappa shape index (κ1) is 14.5. The molecule has 0 fully saturated rings. The molecule has 0 amide bonds. The Morgan fingerprint density at radius 3 is 2.50 bits per heavy atom. The molecule has 3 heteroatoms. The van der Waals surface area contributed by atoms with Gasteiger partial charge >= 0.3 is 0 Å². The fourth-order valence-corrected chi connectivity index (χ4v) is 2.18. The first-order valence-corrected chi connectivity index (χ1v) is 6.67. The molecule has 0 aliphatic rings. The van der Waals surface area contributed by atoms with Crippen LogP contribution in [-0.4, -0.2) is 11.7 Å². The van der Waals surface area contributed by atoms with Crippen molar-refractivity contribution < 1.29 is 9.50 Å². The summed E-state index contributed by atoms with van der Waals surface area (Å²) >= 11 is 0. The van der Waals surface area contributed by atoms with E-state index < -0.39 is 5.54 Å².